The molecule has 12 heavy (non-hydrogen) atoms. The monoisotopic (exact) mass is 184 g/mol. The van der Waals surface area contributed by atoms with Gasteiger partial charge in [0.1, 0.15) is 0 Å². The van der Waals surface area contributed by atoms with Crippen LogP contribution in [-0.2, 0) is 9.53 Å². The second kappa shape index (κ2) is 3.28. The lowest BCUT2D eigenvalue weighted by Crippen LogP contribution is -2.47. The maximum atomic E-state index is 11.5. The minimum Gasteiger partial charge on any atom is -0.353 e. The van der Waals surface area contributed by atoms with E-state index in [2.05, 4.69) is 10.1 Å². The first-order valence-electron chi connectivity index (χ1n) is 3.23. The Kier molecular flexibility index (Phi) is 2.53. The van der Waals surface area contributed by atoms with Crippen LogP contribution in [0.25, 0.3) is 0 Å². The lowest BCUT2D eigenvalue weighted by Gasteiger charge is -2.12. The van der Waals surface area contributed by atoms with E-state index in [1.165, 1.54) is 0 Å². The van der Waals surface area contributed by atoms with Crippen molar-refractivity contribution in [2.45, 2.75) is 12.5 Å². The maximum absolute atomic E-state index is 11.5. The highest BCUT2D eigenvalue weighted by Crippen LogP contribution is 2.10. The number of alkyl halides is 3. The predicted octanol–water partition coefficient (Wildman–Crippen LogP) is -0.432. The average Bonchev–Trinajstić information content (AvgIpc) is 2.32. The van der Waals surface area contributed by atoms with E-state index in [1.54, 1.807) is 0 Å². The summed E-state index contributed by atoms with van der Waals surface area (Å²) in [6.45, 7) is 0.631. The van der Waals surface area contributed by atoms with Crippen LogP contribution in [0, 0.1) is 0 Å². The molecular weight excluding hydrogens is 177 g/mol. The molecule has 0 aromatic rings. The van der Waals surface area contributed by atoms with Gasteiger partial charge in [0.05, 0.1) is 6.61 Å². The first-order valence-corrected chi connectivity index (χ1v) is 3.23. The third kappa shape index (κ3) is 2.67. The molecule has 2 N–H and O–H groups in total. The van der Waals surface area contributed by atoms with Crippen molar-refractivity contribution >= 4 is 5.91 Å². The first kappa shape index (κ1) is 9.27. The van der Waals surface area contributed by atoms with Crippen LogP contribution in [0.1, 0.15) is 0 Å². The van der Waals surface area contributed by atoms with Crippen molar-refractivity contribution < 1.29 is 22.7 Å². The summed E-state index contributed by atoms with van der Waals surface area (Å²) >= 11 is 0. The van der Waals surface area contributed by atoms with Gasteiger partial charge in [-0.3, -0.25) is 15.4 Å². The Morgan fingerprint density at radius 3 is 2.67 bits per heavy atom. The van der Waals surface area contributed by atoms with Gasteiger partial charge in [-0.05, 0) is 0 Å². The van der Waals surface area contributed by atoms with Crippen LogP contribution in [0.3, 0.4) is 0 Å². The van der Waals surface area contributed by atoms with Crippen LogP contribution in [-0.4, -0.2) is 31.6 Å². The lowest BCUT2D eigenvalue weighted by molar-refractivity contribution is -0.175. The van der Waals surface area contributed by atoms with E-state index in [9.17, 15) is 18.0 Å². The molecule has 1 fully saturated rings. The third-order valence-electron chi connectivity index (χ3n) is 1.22. The summed E-state index contributed by atoms with van der Waals surface area (Å²) in [7, 11) is 0. The summed E-state index contributed by atoms with van der Waals surface area (Å²) in [5.41, 5.74) is 0. The van der Waals surface area contributed by atoms with E-state index in [1.807, 2.05) is 0 Å². The highest BCUT2D eigenvalue weighted by atomic mass is 19.4. The molecule has 1 aliphatic rings. The normalized spacial score (nSPS) is 24.1. The zero-order valence-corrected chi connectivity index (χ0v) is 5.94. The van der Waals surface area contributed by atoms with Gasteiger partial charge in [0, 0.05) is 6.54 Å². The zero-order chi connectivity index (χ0) is 9.19. The Bertz CT molecular complexity index is 176. The Morgan fingerprint density at radius 2 is 2.25 bits per heavy atom. The van der Waals surface area contributed by atoms with Gasteiger partial charge < -0.3 is 4.74 Å². The zero-order valence-electron chi connectivity index (χ0n) is 5.94. The van der Waals surface area contributed by atoms with Gasteiger partial charge in [0.15, 0.2) is 6.23 Å². The van der Waals surface area contributed by atoms with Crippen molar-refractivity contribution in [3.8, 4) is 0 Å². The summed E-state index contributed by atoms with van der Waals surface area (Å²) < 4.78 is 39.3. The van der Waals surface area contributed by atoms with Gasteiger partial charge in [-0.15, -0.1) is 0 Å². The molecule has 1 saturated heterocycles. The maximum Gasteiger partial charge on any atom is 0.484 e. The molecule has 0 saturated carbocycles. The second-order valence-electron chi connectivity index (χ2n) is 2.19. The van der Waals surface area contributed by atoms with E-state index in [-0.39, 0.29) is 6.61 Å². The van der Waals surface area contributed by atoms with Gasteiger partial charge in [-0.1, -0.05) is 0 Å². The van der Waals surface area contributed by atoms with Crippen LogP contribution in [0.5, 0.6) is 0 Å². The minimum atomic E-state index is -4.69. The smallest absolute Gasteiger partial charge is 0.353 e. The number of nitrogens with one attached hydrogen (secondary N) is 2. The van der Waals surface area contributed by atoms with E-state index in [0.717, 1.165) is 5.32 Å². The number of hydrogen-bond donors (Lipinski definition) is 2. The summed E-state index contributed by atoms with van der Waals surface area (Å²) in [6, 6.07) is 0. The van der Waals surface area contributed by atoms with Crippen LogP contribution in [0.2, 0.25) is 0 Å². The molecule has 0 aromatic heterocycles. The molecule has 0 spiro atoms. The average molecular weight is 184 g/mol. The van der Waals surface area contributed by atoms with E-state index < -0.39 is 18.4 Å². The van der Waals surface area contributed by atoms with Crippen LogP contribution >= 0.6 is 0 Å². The van der Waals surface area contributed by atoms with Crippen LogP contribution < -0.4 is 10.6 Å². The van der Waals surface area contributed by atoms with Crippen molar-refractivity contribution in [2.24, 2.45) is 0 Å². The second-order valence-corrected chi connectivity index (χ2v) is 2.19. The number of carbonyl (C=O) groups excluding carboxylic acids is 1. The summed E-state index contributed by atoms with van der Waals surface area (Å²) in [6.07, 6.45) is -5.86. The van der Waals surface area contributed by atoms with E-state index in [0.29, 0.717) is 6.54 Å². The minimum absolute atomic E-state index is 0.246. The molecule has 0 bridgehead atoms. The Balaban J connectivity index is 2.37. The molecule has 0 aliphatic carbocycles. The number of ether oxygens (including phenoxy) is 1. The molecule has 0 radical (unpaired) electrons. The highest BCUT2D eigenvalue weighted by molar-refractivity contribution is 5.80. The highest BCUT2D eigenvalue weighted by Gasteiger charge is 2.34. The number of carbonyl (C=O) groups is 1. The van der Waals surface area contributed by atoms with Crippen molar-refractivity contribution in [1.82, 2.24) is 10.6 Å². The van der Waals surface area contributed by atoms with Crippen molar-refractivity contribution in [3.05, 3.63) is 0 Å². The SMILES string of the molecule is O=C(NC(F)(F)F)C1NCCO1. The fraction of sp³-hybridized carbons (Fsp3) is 0.800. The number of amides is 1. The van der Waals surface area contributed by atoms with Gasteiger partial charge in [-0.25, -0.2) is 0 Å². The number of rotatable bonds is 1. The van der Waals surface area contributed by atoms with Gasteiger partial charge in [-0.2, -0.15) is 13.2 Å². The van der Waals surface area contributed by atoms with Gasteiger partial charge >= 0.3 is 6.30 Å². The fourth-order valence-corrected chi connectivity index (χ4v) is 0.799. The molecule has 1 atom stereocenters. The molecule has 1 heterocycles. The molecule has 0 aromatic carbocycles. The van der Waals surface area contributed by atoms with Crippen molar-refractivity contribution in [1.29, 1.82) is 0 Å². The number of hydrogen-bond acceptors (Lipinski definition) is 3. The lowest BCUT2D eigenvalue weighted by atomic mass is 10.5. The van der Waals surface area contributed by atoms with E-state index in [4.69, 9.17) is 0 Å². The van der Waals surface area contributed by atoms with Crippen molar-refractivity contribution in [2.75, 3.05) is 13.2 Å². The molecule has 4 nitrogen and oxygen atoms in total. The van der Waals surface area contributed by atoms with Crippen LogP contribution in [0.15, 0.2) is 0 Å². The van der Waals surface area contributed by atoms with Crippen molar-refractivity contribution in [3.63, 3.8) is 0 Å². The molecule has 1 unspecified atom stereocenters. The van der Waals surface area contributed by atoms with E-state index >= 15 is 0 Å². The largest absolute Gasteiger partial charge is 0.484 e. The first-order chi connectivity index (χ1) is 5.49. The molecule has 1 amide bonds. The molecule has 70 valence electrons. The fourth-order valence-electron chi connectivity index (χ4n) is 0.799. The third-order valence-corrected chi connectivity index (χ3v) is 1.22. The predicted molar refractivity (Wildman–Crippen MR) is 31.9 cm³/mol. The Morgan fingerprint density at radius 1 is 1.58 bits per heavy atom. The molecular formula is C5H7F3N2O2. The standard InChI is InChI=1S/C5H7F3N2O2/c6-5(7,8)10-3(11)4-9-1-2-12-4/h4,9H,1-2H2,(H,10,11). The van der Waals surface area contributed by atoms with Crippen LogP contribution in [0.4, 0.5) is 13.2 Å². The molecule has 1 aliphatic heterocycles. The van der Waals surface area contributed by atoms with Gasteiger partial charge in [0.2, 0.25) is 0 Å². The van der Waals surface area contributed by atoms with Gasteiger partial charge in [0.25, 0.3) is 5.91 Å². The number of halogens is 3. The quantitative estimate of drug-likeness (QED) is 0.543. The summed E-state index contributed by atoms with van der Waals surface area (Å²) in [5, 5.41) is 3.28. The molecule has 1 rings (SSSR count). The Hall–Kier alpha value is -0.820. The summed E-state index contributed by atoms with van der Waals surface area (Å²) in [4.78, 5) is 10.6. The molecule has 7 heteroatoms. The summed E-state index contributed by atoms with van der Waals surface area (Å²) in [5.74, 6) is -1.21. The topological polar surface area (TPSA) is 50.4 Å². The Labute approximate surface area is 66.1 Å².